The first-order chi connectivity index (χ1) is 14.9. The van der Waals surface area contributed by atoms with Crippen molar-refractivity contribution in [3.05, 3.63) is 0 Å². The van der Waals surface area contributed by atoms with Gasteiger partial charge in [-0.3, -0.25) is 20.0 Å². The molecular formula is C22H40N8. The van der Waals surface area contributed by atoms with Crippen molar-refractivity contribution in [1.82, 2.24) is 21.3 Å². The molecule has 168 valence electrons. The molecule has 0 radical (unpaired) electrons. The first kappa shape index (κ1) is 22.6. The summed E-state index contributed by atoms with van der Waals surface area (Å²) in [7, 11) is 0. The Morgan fingerprint density at radius 3 is 1.00 bits per heavy atom. The van der Waals surface area contributed by atoms with Crippen molar-refractivity contribution in [3.8, 4) is 0 Å². The van der Waals surface area contributed by atoms with E-state index in [0.717, 1.165) is 89.7 Å². The molecule has 0 unspecified atom stereocenters. The largest absolute Gasteiger partial charge is 0.374 e. The van der Waals surface area contributed by atoms with Gasteiger partial charge in [0.2, 0.25) is 0 Å². The quantitative estimate of drug-likeness (QED) is 0.454. The van der Waals surface area contributed by atoms with Crippen LogP contribution in [-0.2, 0) is 0 Å². The average Bonchev–Trinajstić information content (AvgIpc) is 2.84. The van der Waals surface area contributed by atoms with Gasteiger partial charge >= 0.3 is 0 Å². The van der Waals surface area contributed by atoms with Crippen molar-refractivity contribution in [2.75, 3.05) is 52.4 Å². The van der Waals surface area contributed by atoms with Crippen LogP contribution in [-0.4, -0.2) is 75.7 Å². The second-order valence-corrected chi connectivity index (χ2v) is 8.14. The number of aliphatic imine (C=N–C) groups is 4. The summed E-state index contributed by atoms with van der Waals surface area (Å²) in [6, 6.07) is 0. The minimum absolute atomic E-state index is 0.988. The Labute approximate surface area is 181 Å². The predicted octanol–water partition coefficient (Wildman–Crippen LogP) is 1.88. The molecule has 0 saturated heterocycles. The van der Waals surface area contributed by atoms with E-state index in [0.29, 0.717) is 0 Å². The van der Waals surface area contributed by atoms with Crippen LogP contribution in [0.1, 0.15) is 64.2 Å². The molecule has 0 aliphatic carbocycles. The molecule has 0 saturated carbocycles. The zero-order chi connectivity index (χ0) is 20.7. The average molecular weight is 417 g/mol. The number of nitrogens with one attached hydrogen (secondary N) is 4. The molecule has 0 bridgehead atoms. The summed E-state index contributed by atoms with van der Waals surface area (Å²) in [5, 5.41) is 13.4. The highest BCUT2D eigenvalue weighted by Crippen LogP contribution is 2.05. The molecule has 4 rings (SSSR count). The lowest BCUT2D eigenvalue weighted by Gasteiger charge is -2.17. The molecule has 4 aliphatic rings. The molecular weight excluding hydrogens is 376 g/mol. The fourth-order valence-electron chi connectivity index (χ4n) is 3.82. The van der Waals surface area contributed by atoms with Gasteiger partial charge in [0, 0.05) is 78.0 Å². The van der Waals surface area contributed by atoms with Crippen molar-refractivity contribution in [2.24, 2.45) is 20.0 Å². The highest BCUT2D eigenvalue weighted by molar-refractivity contribution is 5.90. The molecule has 8 nitrogen and oxygen atoms in total. The third kappa shape index (κ3) is 9.13. The Bertz CT molecular complexity index is 569. The summed E-state index contributed by atoms with van der Waals surface area (Å²) < 4.78 is 0. The summed E-state index contributed by atoms with van der Waals surface area (Å²) in [4.78, 5) is 17.8. The summed E-state index contributed by atoms with van der Waals surface area (Å²) in [6.45, 7) is 8.37. The van der Waals surface area contributed by atoms with Gasteiger partial charge in [-0.2, -0.15) is 0 Å². The van der Waals surface area contributed by atoms with Gasteiger partial charge in [0.15, 0.2) is 0 Å². The number of amidine groups is 4. The lowest BCUT2D eigenvalue weighted by molar-refractivity contribution is 0.683. The lowest BCUT2D eigenvalue weighted by Crippen LogP contribution is -2.33. The van der Waals surface area contributed by atoms with Gasteiger partial charge in [0.1, 0.15) is 0 Å². The molecule has 0 amide bonds. The lowest BCUT2D eigenvalue weighted by atomic mass is 10.1. The maximum atomic E-state index is 4.47. The van der Waals surface area contributed by atoms with Gasteiger partial charge in [-0.25, -0.2) is 0 Å². The van der Waals surface area contributed by atoms with E-state index in [1.54, 1.807) is 0 Å². The molecule has 0 aromatic heterocycles. The van der Waals surface area contributed by atoms with E-state index in [9.17, 15) is 0 Å². The zero-order valence-electron chi connectivity index (χ0n) is 18.5. The highest BCUT2D eigenvalue weighted by atomic mass is 15.0. The van der Waals surface area contributed by atoms with Crippen LogP contribution in [0, 0.1) is 0 Å². The van der Waals surface area contributed by atoms with Gasteiger partial charge in [0.25, 0.3) is 0 Å². The highest BCUT2D eigenvalue weighted by Gasteiger charge is 2.08. The standard InChI is InChI=1S/C12H22N4.C10H18N4/c1(5-11-13-7-3-8-14-11)2-6-12-15-9-4-10-16-12;1-5-11-9(12-6-1)3-4-10-13-7-2-8-14-10/h1-10H2,(H,13,14)(H,15,16);1-8H2,(H,11,12)(H,13,14). The van der Waals surface area contributed by atoms with Crippen LogP contribution in [0.2, 0.25) is 0 Å². The van der Waals surface area contributed by atoms with E-state index in [1.165, 1.54) is 50.2 Å². The Balaban J connectivity index is 0.000000172. The minimum Gasteiger partial charge on any atom is -0.374 e. The van der Waals surface area contributed by atoms with Gasteiger partial charge in [-0.15, -0.1) is 0 Å². The maximum absolute atomic E-state index is 4.47. The van der Waals surface area contributed by atoms with Crippen LogP contribution in [0.15, 0.2) is 20.0 Å². The summed E-state index contributed by atoms with van der Waals surface area (Å²) in [6.07, 6.45) is 11.4. The molecule has 0 spiro atoms. The van der Waals surface area contributed by atoms with Crippen LogP contribution < -0.4 is 21.3 Å². The number of hydrogen-bond donors (Lipinski definition) is 4. The first-order valence-corrected chi connectivity index (χ1v) is 12.0. The number of rotatable bonds is 8. The SMILES string of the molecule is C1CN=C(CCC2=NCCCN2)NC1.C1CN=C(CCCCC2=NCCCN2)NC1. The molecule has 4 heterocycles. The normalized spacial score (nSPS) is 21.1. The van der Waals surface area contributed by atoms with Crippen LogP contribution in [0.5, 0.6) is 0 Å². The van der Waals surface area contributed by atoms with Crippen LogP contribution >= 0.6 is 0 Å². The number of unbranched alkanes of at least 4 members (excludes halogenated alkanes) is 1. The van der Waals surface area contributed by atoms with Crippen LogP contribution in [0.4, 0.5) is 0 Å². The Morgan fingerprint density at radius 1 is 0.433 bits per heavy atom. The fourth-order valence-corrected chi connectivity index (χ4v) is 3.82. The van der Waals surface area contributed by atoms with E-state index in [-0.39, 0.29) is 0 Å². The number of hydrogen-bond acceptors (Lipinski definition) is 8. The Kier molecular flexibility index (Phi) is 10.5. The maximum Gasteiger partial charge on any atom is 0.0967 e. The molecule has 30 heavy (non-hydrogen) atoms. The smallest absolute Gasteiger partial charge is 0.0967 e. The van der Waals surface area contributed by atoms with Crippen LogP contribution in [0.25, 0.3) is 0 Å². The van der Waals surface area contributed by atoms with Crippen molar-refractivity contribution < 1.29 is 0 Å². The summed E-state index contributed by atoms with van der Waals surface area (Å²) in [5.41, 5.74) is 0. The second-order valence-electron chi connectivity index (χ2n) is 8.14. The number of nitrogens with zero attached hydrogens (tertiary/aromatic N) is 4. The Hall–Kier alpha value is -2.12. The van der Waals surface area contributed by atoms with E-state index in [1.807, 2.05) is 0 Å². The van der Waals surface area contributed by atoms with Gasteiger partial charge < -0.3 is 21.3 Å². The van der Waals surface area contributed by atoms with Gasteiger partial charge in [0.05, 0.1) is 23.3 Å². The molecule has 4 N–H and O–H groups in total. The van der Waals surface area contributed by atoms with Crippen LogP contribution in [0.3, 0.4) is 0 Å². The van der Waals surface area contributed by atoms with Gasteiger partial charge in [-0.05, 0) is 38.5 Å². The third-order valence-electron chi connectivity index (χ3n) is 5.54. The monoisotopic (exact) mass is 416 g/mol. The van der Waals surface area contributed by atoms with Crippen molar-refractivity contribution in [2.45, 2.75) is 64.2 Å². The topological polar surface area (TPSA) is 97.6 Å². The summed E-state index contributed by atoms with van der Waals surface area (Å²) in [5.74, 6) is 4.74. The van der Waals surface area contributed by atoms with Gasteiger partial charge in [-0.1, -0.05) is 0 Å². The van der Waals surface area contributed by atoms with E-state index >= 15 is 0 Å². The third-order valence-corrected chi connectivity index (χ3v) is 5.54. The first-order valence-electron chi connectivity index (χ1n) is 12.0. The Morgan fingerprint density at radius 2 is 0.733 bits per heavy atom. The molecule has 8 heteroatoms. The van der Waals surface area contributed by atoms with E-state index in [2.05, 4.69) is 41.2 Å². The minimum atomic E-state index is 0.988. The fraction of sp³-hybridized carbons (Fsp3) is 0.818. The van der Waals surface area contributed by atoms with E-state index in [4.69, 9.17) is 0 Å². The second kappa shape index (κ2) is 14.0. The van der Waals surface area contributed by atoms with E-state index < -0.39 is 0 Å². The van der Waals surface area contributed by atoms with Crippen molar-refractivity contribution in [3.63, 3.8) is 0 Å². The molecule has 4 aliphatic heterocycles. The molecule has 0 fully saturated rings. The van der Waals surface area contributed by atoms with Crippen molar-refractivity contribution in [1.29, 1.82) is 0 Å². The summed E-state index contributed by atoms with van der Waals surface area (Å²) >= 11 is 0. The molecule has 0 aromatic rings. The molecule has 0 atom stereocenters. The van der Waals surface area contributed by atoms with Crippen molar-refractivity contribution >= 4 is 23.3 Å². The molecule has 0 aromatic carbocycles. The predicted molar refractivity (Wildman–Crippen MR) is 127 cm³/mol. The zero-order valence-corrected chi connectivity index (χ0v) is 18.5.